The zero-order chi connectivity index (χ0) is 14.8. The minimum atomic E-state index is -4.40. The van der Waals surface area contributed by atoms with Gasteiger partial charge in [-0.2, -0.15) is 0 Å². The van der Waals surface area contributed by atoms with Gasteiger partial charge in [-0.15, -0.1) is 0 Å². The largest absolute Gasteiger partial charge is 0.777 e. The normalized spacial score (nSPS) is 14.3. The summed E-state index contributed by atoms with van der Waals surface area (Å²) >= 11 is 0. The van der Waals surface area contributed by atoms with Crippen molar-refractivity contribution in [1.82, 2.24) is 19.5 Å². The molecule has 0 aliphatic carbocycles. The minimum Gasteiger partial charge on any atom is -0.777 e. The summed E-state index contributed by atoms with van der Waals surface area (Å²) in [5, 5.41) is 5.50. The average molecular weight is 300 g/mol. The van der Waals surface area contributed by atoms with Gasteiger partial charge in [-0.1, -0.05) is 0 Å². The van der Waals surface area contributed by atoms with Gasteiger partial charge in [-0.3, -0.25) is 11.1 Å². The molecule has 0 fully saturated rings. The lowest BCUT2D eigenvalue weighted by atomic mass is 10.3. The van der Waals surface area contributed by atoms with E-state index in [0.717, 1.165) is 0 Å². The first-order valence-electron chi connectivity index (χ1n) is 5.53. The molecule has 1 unspecified atom stereocenters. The van der Waals surface area contributed by atoms with E-state index in [1.807, 2.05) is 0 Å². The first-order valence-corrected chi connectivity index (χ1v) is 7.29. The molecule has 0 aromatic carbocycles. The van der Waals surface area contributed by atoms with Crippen LogP contribution in [0.2, 0.25) is 0 Å². The van der Waals surface area contributed by atoms with E-state index in [9.17, 15) is 9.46 Å². The van der Waals surface area contributed by atoms with Crippen LogP contribution in [0.1, 0.15) is 5.69 Å². The van der Waals surface area contributed by atoms with E-state index in [-0.39, 0.29) is 12.4 Å². The molecular formula is C9H13N6O4P. The topological polar surface area (TPSA) is 165 Å². The zero-order valence-electron chi connectivity index (χ0n) is 10.3. The number of nitrogens with two attached hydrogens (primary N) is 2. The number of imidazole rings is 1. The van der Waals surface area contributed by atoms with Crippen molar-refractivity contribution >= 4 is 24.6 Å². The fourth-order valence-corrected chi connectivity index (χ4v) is 1.96. The number of rotatable bonds is 6. The lowest BCUT2D eigenvalue weighted by Gasteiger charge is -2.15. The van der Waals surface area contributed by atoms with Crippen LogP contribution in [-0.4, -0.2) is 43.2 Å². The molecule has 11 heteroatoms. The Balaban J connectivity index is 2.10. The highest BCUT2D eigenvalue weighted by molar-refractivity contribution is 7.50. The lowest BCUT2D eigenvalue weighted by molar-refractivity contribution is -0.198. The smallest absolute Gasteiger partial charge is 0.292 e. The van der Waals surface area contributed by atoms with Crippen LogP contribution in [0, 0.1) is 0 Å². The van der Waals surface area contributed by atoms with Crippen molar-refractivity contribution < 1.29 is 24.5 Å². The maximum Gasteiger partial charge on any atom is 0.292 e. The molecule has 0 amide bonds. The summed E-state index contributed by atoms with van der Waals surface area (Å²) in [6.45, 7) is 0.372. The molecule has 0 saturated heterocycles. The van der Waals surface area contributed by atoms with Gasteiger partial charge in [-0.25, -0.2) is 15.0 Å². The maximum atomic E-state index is 10.5. The Morgan fingerprint density at radius 1 is 1.55 bits per heavy atom. The molecule has 108 valence electrons. The van der Waals surface area contributed by atoms with Gasteiger partial charge < -0.3 is 23.7 Å². The molecule has 20 heavy (non-hydrogen) atoms. The minimum absolute atomic E-state index is 0.0338. The predicted octanol–water partition coefficient (Wildman–Crippen LogP) is -3.19. The van der Waals surface area contributed by atoms with Crippen LogP contribution in [0.15, 0.2) is 12.7 Å². The zero-order valence-corrected chi connectivity index (χ0v) is 11.2. The van der Waals surface area contributed by atoms with Crippen LogP contribution >= 0.6 is 7.60 Å². The molecule has 0 aliphatic heterocycles. The Labute approximate surface area is 113 Å². The van der Waals surface area contributed by atoms with Crippen molar-refractivity contribution in [2.45, 2.75) is 6.54 Å². The highest BCUT2D eigenvalue weighted by atomic mass is 31.2. The molecule has 5 N–H and O–H groups in total. The SMILES string of the molecule is NC(=[NH2+])c1ncnc2c1ncn2CCOCP(=O)([O-])O. The number of hydrogen-bond donors (Lipinski definition) is 3. The van der Waals surface area contributed by atoms with Crippen molar-refractivity contribution in [2.75, 3.05) is 13.0 Å². The van der Waals surface area contributed by atoms with Crippen molar-refractivity contribution in [3.05, 3.63) is 18.3 Å². The summed E-state index contributed by atoms with van der Waals surface area (Å²) in [7, 11) is -4.40. The maximum absolute atomic E-state index is 10.5. The number of amidine groups is 1. The summed E-state index contributed by atoms with van der Waals surface area (Å²) in [5.74, 6) is 0.0338. The van der Waals surface area contributed by atoms with Crippen LogP contribution in [0.3, 0.4) is 0 Å². The number of hydrogen-bond acceptors (Lipinski definition) is 6. The number of nitrogens with zero attached hydrogens (tertiary/aromatic N) is 4. The second-order valence-electron chi connectivity index (χ2n) is 3.96. The van der Waals surface area contributed by atoms with Gasteiger partial charge in [0.1, 0.15) is 18.2 Å². The highest BCUT2D eigenvalue weighted by Gasteiger charge is 2.14. The molecule has 0 spiro atoms. The second-order valence-corrected chi connectivity index (χ2v) is 5.50. The molecule has 0 radical (unpaired) electrons. The Kier molecular flexibility index (Phi) is 4.09. The van der Waals surface area contributed by atoms with Crippen molar-refractivity contribution in [2.24, 2.45) is 5.73 Å². The summed E-state index contributed by atoms with van der Waals surface area (Å²) in [6, 6.07) is 0. The van der Waals surface area contributed by atoms with E-state index >= 15 is 0 Å². The fraction of sp³-hybridized carbons (Fsp3) is 0.333. The Morgan fingerprint density at radius 3 is 2.95 bits per heavy atom. The average Bonchev–Trinajstić information content (AvgIpc) is 2.76. The highest BCUT2D eigenvalue weighted by Crippen LogP contribution is 2.27. The van der Waals surface area contributed by atoms with Crippen LogP contribution in [0.5, 0.6) is 0 Å². The van der Waals surface area contributed by atoms with Crippen molar-refractivity contribution in [3.8, 4) is 0 Å². The summed E-state index contributed by atoms with van der Waals surface area (Å²) < 4.78 is 17.0. The molecule has 2 aromatic heterocycles. The third kappa shape index (κ3) is 3.36. The summed E-state index contributed by atoms with van der Waals surface area (Å²) in [4.78, 5) is 31.2. The molecule has 1 atom stereocenters. The van der Waals surface area contributed by atoms with Crippen LogP contribution in [0.4, 0.5) is 0 Å². The van der Waals surface area contributed by atoms with E-state index in [1.165, 1.54) is 12.7 Å². The van der Waals surface area contributed by atoms with Gasteiger partial charge in [0.15, 0.2) is 18.9 Å². The number of fused-ring (bicyclic) bond motifs is 1. The van der Waals surface area contributed by atoms with Gasteiger partial charge in [0.05, 0.1) is 12.9 Å². The monoisotopic (exact) mass is 300 g/mol. The van der Waals surface area contributed by atoms with E-state index in [0.29, 0.717) is 23.4 Å². The number of aromatic nitrogens is 4. The Bertz CT molecular complexity index is 680. The Hall–Kier alpha value is -1.87. The molecule has 2 heterocycles. The molecule has 0 aliphatic rings. The molecule has 2 aromatic rings. The summed E-state index contributed by atoms with van der Waals surface area (Å²) in [5.41, 5.74) is 6.79. The van der Waals surface area contributed by atoms with Crippen molar-refractivity contribution in [1.29, 1.82) is 0 Å². The molecule has 2 rings (SSSR count). The Morgan fingerprint density at radius 2 is 2.30 bits per heavy atom. The molecule has 0 bridgehead atoms. The van der Waals surface area contributed by atoms with Crippen LogP contribution in [-0.2, 0) is 15.8 Å². The third-order valence-electron chi connectivity index (χ3n) is 2.41. The van der Waals surface area contributed by atoms with Gasteiger partial charge in [-0.05, 0) is 0 Å². The predicted molar refractivity (Wildman–Crippen MR) is 66.2 cm³/mol. The number of ether oxygens (including phenoxy) is 1. The van der Waals surface area contributed by atoms with E-state index in [2.05, 4.69) is 15.0 Å². The van der Waals surface area contributed by atoms with Gasteiger partial charge in [0.25, 0.3) is 5.84 Å². The molecule has 0 saturated carbocycles. The van der Waals surface area contributed by atoms with E-state index in [4.69, 9.17) is 20.8 Å². The van der Waals surface area contributed by atoms with Gasteiger partial charge in [0, 0.05) is 6.54 Å². The fourth-order valence-electron chi connectivity index (χ4n) is 1.60. The quantitative estimate of drug-likeness (QED) is 0.217. The standard InChI is InChI=1S/C9H13N6O4P/c10-8(11)6-7-9(13-3-12-6)15(4-14-7)1-2-19-5-20(16,17)18/h3-4H,1-2,5H2,(H3,10,11)(H2,16,17,18). The second kappa shape index (κ2) is 5.63. The molecular weight excluding hydrogens is 287 g/mol. The first-order chi connectivity index (χ1) is 9.38. The molecule has 10 nitrogen and oxygen atoms in total. The first kappa shape index (κ1) is 14.5. The summed E-state index contributed by atoms with van der Waals surface area (Å²) in [6.07, 6.45) is 2.06. The van der Waals surface area contributed by atoms with Gasteiger partial charge in [0.2, 0.25) is 0 Å². The van der Waals surface area contributed by atoms with Gasteiger partial charge >= 0.3 is 0 Å². The van der Waals surface area contributed by atoms with Crippen molar-refractivity contribution in [3.63, 3.8) is 0 Å². The van der Waals surface area contributed by atoms with E-state index in [1.54, 1.807) is 4.57 Å². The third-order valence-corrected chi connectivity index (χ3v) is 2.91. The lowest BCUT2D eigenvalue weighted by Crippen LogP contribution is -2.46. The van der Waals surface area contributed by atoms with E-state index < -0.39 is 13.9 Å². The van der Waals surface area contributed by atoms with Crippen LogP contribution in [0.25, 0.3) is 11.2 Å². The van der Waals surface area contributed by atoms with Crippen LogP contribution < -0.4 is 16.0 Å².